The van der Waals surface area contributed by atoms with Crippen LogP contribution in [-0.2, 0) is 0 Å². The Kier molecular flexibility index (Phi) is 9.37. The fourth-order valence-electron chi connectivity index (χ4n) is 1.03. The van der Waals surface area contributed by atoms with Gasteiger partial charge in [0.05, 0.1) is 0 Å². The van der Waals surface area contributed by atoms with E-state index in [1.54, 1.807) is 0 Å². The van der Waals surface area contributed by atoms with Crippen LogP contribution in [0, 0.1) is 5.41 Å². The van der Waals surface area contributed by atoms with E-state index in [-0.39, 0.29) is 0 Å². The minimum atomic E-state index is 0.300. The van der Waals surface area contributed by atoms with Crippen molar-refractivity contribution in [2.24, 2.45) is 5.41 Å². The second kappa shape index (κ2) is 8.12. The highest BCUT2D eigenvalue weighted by atomic mass is 14.9. The SMILES string of the molecule is CCNC(C)(C)C.CCNCC(C)(C)C. The highest BCUT2D eigenvalue weighted by Crippen LogP contribution is 2.09. The van der Waals surface area contributed by atoms with Crippen molar-refractivity contribution < 1.29 is 0 Å². The molecule has 15 heavy (non-hydrogen) atoms. The fraction of sp³-hybridized carbons (Fsp3) is 1.00. The van der Waals surface area contributed by atoms with E-state index in [4.69, 9.17) is 0 Å². The second-order valence-electron chi connectivity index (χ2n) is 6.12. The molecule has 0 saturated carbocycles. The molecular formula is C13H32N2. The van der Waals surface area contributed by atoms with Gasteiger partial charge in [-0.3, -0.25) is 0 Å². The van der Waals surface area contributed by atoms with E-state index in [0.717, 1.165) is 19.6 Å². The van der Waals surface area contributed by atoms with Crippen LogP contribution in [0.15, 0.2) is 0 Å². The van der Waals surface area contributed by atoms with Gasteiger partial charge in [-0.15, -0.1) is 0 Å². The number of hydrogen-bond acceptors (Lipinski definition) is 2. The van der Waals surface area contributed by atoms with Crippen LogP contribution in [-0.4, -0.2) is 25.2 Å². The third-order valence-corrected chi connectivity index (χ3v) is 1.61. The highest BCUT2D eigenvalue weighted by molar-refractivity contribution is 4.67. The van der Waals surface area contributed by atoms with Crippen LogP contribution in [0.5, 0.6) is 0 Å². The maximum absolute atomic E-state index is 3.29. The van der Waals surface area contributed by atoms with E-state index in [1.807, 2.05) is 0 Å². The van der Waals surface area contributed by atoms with Gasteiger partial charge < -0.3 is 10.6 Å². The first-order chi connectivity index (χ1) is 6.62. The lowest BCUT2D eigenvalue weighted by Gasteiger charge is -2.18. The van der Waals surface area contributed by atoms with E-state index in [9.17, 15) is 0 Å². The molecule has 94 valence electrons. The quantitative estimate of drug-likeness (QED) is 0.758. The van der Waals surface area contributed by atoms with E-state index in [0.29, 0.717) is 11.0 Å². The monoisotopic (exact) mass is 216 g/mol. The molecule has 0 aromatic carbocycles. The first-order valence-corrected chi connectivity index (χ1v) is 6.08. The number of hydrogen-bond donors (Lipinski definition) is 2. The van der Waals surface area contributed by atoms with Crippen molar-refractivity contribution in [3.05, 3.63) is 0 Å². The van der Waals surface area contributed by atoms with Crippen molar-refractivity contribution in [1.82, 2.24) is 10.6 Å². The van der Waals surface area contributed by atoms with E-state index in [2.05, 4.69) is 66.0 Å². The summed E-state index contributed by atoms with van der Waals surface area (Å²) in [4.78, 5) is 0. The van der Waals surface area contributed by atoms with Gasteiger partial charge in [0.2, 0.25) is 0 Å². The first-order valence-electron chi connectivity index (χ1n) is 6.08. The van der Waals surface area contributed by atoms with Crippen molar-refractivity contribution >= 4 is 0 Å². The molecule has 0 unspecified atom stereocenters. The molecule has 0 fully saturated rings. The smallest absolute Gasteiger partial charge is 0.00963 e. The summed E-state index contributed by atoms with van der Waals surface area (Å²) in [7, 11) is 0. The maximum Gasteiger partial charge on any atom is 0.00963 e. The third-order valence-electron chi connectivity index (χ3n) is 1.61. The second-order valence-corrected chi connectivity index (χ2v) is 6.12. The Balaban J connectivity index is 0. The van der Waals surface area contributed by atoms with Crippen LogP contribution in [0.1, 0.15) is 55.4 Å². The minimum absolute atomic E-state index is 0.300. The van der Waals surface area contributed by atoms with Gasteiger partial charge in [-0.05, 0) is 45.8 Å². The molecule has 0 bridgehead atoms. The van der Waals surface area contributed by atoms with Crippen molar-refractivity contribution in [2.45, 2.75) is 60.9 Å². The Hall–Kier alpha value is -0.0800. The summed E-state index contributed by atoms with van der Waals surface area (Å²) in [5.41, 5.74) is 0.741. The summed E-state index contributed by atoms with van der Waals surface area (Å²) in [6, 6.07) is 0. The van der Waals surface area contributed by atoms with Gasteiger partial charge in [-0.2, -0.15) is 0 Å². The molecule has 2 nitrogen and oxygen atoms in total. The van der Waals surface area contributed by atoms with E-state index in [1.165, 1.54) is 0 Å². The zero-order valence-corrected chi connectivity index (χ0v) is 12.1. The molecule has 0 rings (SSSR count). The Morgan fingerprint density at radius 1 is 0.800 bits per heavy atom. The topological polar surface area (TPSA) is 24.1 Å². The lowest BCUT2D eigenvalue weighted by atomic mass is 9.97. The molecule has 2 N–H and O–H groups in total. The predicted molar refractivity (Wildman–Crippen MR) is 71.4 cm³/mol. The van der Waals surface area contributed by atoms with Crippen LogP contribution in [0.2, 0.25) is 0 Å². The molecule has 0 spiro atoms. The molecular weight excluding hydrogens is 184 g/mol. The van der Waals surface area contributed by atoms with Gasteiger partial charge >= 0.3 is 0 Å². The fourth-order valence-corrected chi connectivity index (χ4v) is 1.03. The molecule has 2 heteroatoms. The van der Waals surface area contributed by atoms with Crippen LogP contribution in [0.25, 0.3) is 0 Å². The standard InChI is InChI=1S/C7H17N.C6H15N/c1-5-8-6-7(2,3)4;1-5-7-6(2,3)4/h8H,5-6H2,1-4H3;7H,5H2,1-4H3. The zero-order valence-electron chi connectivity index (χ0n) is 12.1. The first kappa shape index (κ1) is 17.3. The molecule has 0 radical (unpaired) electrons. The summed E-state index contributed by atoms with van der Waals surface area (Å²) < 4.78 is 0. The van der Waals surface area contributed by atoms with Crippen molar-refractivity contribution in [2.75, 3.05) is 19.6 Å². The molecule has 0 aromatic heterocycles. The van der Waals surface area contributed by atoms with E-state index < -0.39 is 0 Å². The Bertz CT molecular complexity index is 128. The molecule has 0 aromatic rings. The third kappa shape index (κ3) is 24.9. The van der Waals surface area contributed by atoms with Gasteiger partial charge in [-0.25, -0.2) is 0 Å². The zero-order chi connectivity index (χ0) is 12.5. The number of nitrogens with one attached hydrogen (secondary N) is 2. The minimum Gasteiger partial charge on any atom is -0.316 e. The highest BCUT2D eigenvalue weighted by Gasteiger charge is 2.07. The predicted octanol–water partition coefficient (Wildman–Crippen LogP) is 3.04. The molecule has 0 aliphatic rings. The lowest BCUT2D eigenvalue weighted by molar-refractivity contribution is 0.385. The molecule has 0 aliphatic heterocycles. The van der Waals surface area contributed by atoms with E-state index >= 15 is 0 Å². The van der Waals surface area contributed by atoms with Crippen LogP contribution >= 0.6 is 0 Å². The lowest BCUT2D eigenvalue weighted by Crippen LogP contribution is -2.35. The van der Waals surface area contributed by atoms with Crippen LogP contribution in [0.3, 0.4) is 0 Å². The molecule has 0 heterocycles. The molecule has 0 saturated heterocycles. The Morgan fingerprint density at radius 3 is 1.33 bits per heavy atom. The summed E-state index contributed by atoms with van der Waals surface area (Å²) in [6.07, 6.45) is 0. The summed E-state index contributed by atoms with van der Waals surface area (Å²) in [5, 5.41) is 6.57. The van der Waals surface area contributed by atoms with Gasteiger partial charge in [0.25, 0.3) is 0 Å². The average Bonchev–Trinajstić information content (AvgIpc) is 1.98. The van der Waals surface area contributed by atoms with Gasteiger partial charge in [-0.1, -0.05) is 34.6 Å². The van der Waals surface area contributed by atoms with Gasteiger partial charge in [0.1, 0.15) is 0 Å². The van der Waals surface area contributed by atoms with Crippen LogP contribution in [0.4, 0.5) is 0 Å². The Labute approximate surface area is 97.2 Å². The van der Waals surface area contributed by atoms with Gasteiger partial charge in [0, 0.05) is 5.54 Å². The summed E-state index contributed by atoms with van der Waals surface area (Å²) in [6.45, 7) is 20.7. The van der Waals surface area contributed by atoms with Gasteiger partial charge in [0.15, 0.2) is 0 Å². The number of rotatable bonds is 3. The largest absolute Gasteiger partial charge is 0.316 e. The van der Waals surface area contributed by atoms with Crippen LogP contribution < -0.4 is 10.6 Å². The average molecular weight is 216 g/mol. The molecule has 0 aliphatic carbocycles. The van der Waals surface area contributed by atoms with Crippen molar-refractivity contribution in [3.63, 3.8) is 0 Å². The van der Waals surface area contributed by atoms with Crippen molar-refractivity contribution in [3.8, 4) is 0 Å². The Morgan fingerprint density at radius 2 is 1.27 bits per heavy atom. The molecule has 0 amide bonds. The summed E-state index contributed by atoms with van der Waals surface area (Å²) >= 11 is 0. The van der Waals surface area contributed by atoms with Crippen molar-refractivity contribution in [1.29, 1.82) is 0 Å². The normalized spacial score (nSPS) is 12.0. The maximum atomic E-state index is 3.29. The summed E-state index contributed by atoms with van der Waals surface area (Å²) in [5.74, 6) is 0. The molecule has 0 atom stereocenters.